The molecule has 1 atom stereocenters. The fourth-order valence-electron chi connectivity index (χ4n) is 2.24. The van der Waals surface area contributed by atoms with E-state index >= 15 is 0 Å². The van der Waals surface area contributed by atoms with Crippen molar-refractivity contribution < 1.29 is 4.92 Å². The molecule has 8 heteroatoms. The first-order chi connectivity index (χ1) is 11.1. The molecule has 0 spiro atoms. The van der Waals surface area contributed by atoms with Crippen molar-refractivity contribution in [1.82, 2.24) is 15.2 Å². The van der Waals surface area contributed by atoms with Gasteiger partial charge in [-0.15, -0.1) is 0 Å². The number of halogens is 1. The average molecular weight is 374 g/mol. The van der Waals surface area contributed by atoms with E-state index in [2.05, 4.69) is 36.4 Å². The van der Waals surface area contributed by atoms with Gasteiger partial charge in [-0.25, -0.2) is 4.98 Å². The molecule has 0 fully saturated rings. The quantitative estimate of drug-likeness (QED) is 0.525. The molecular weight excluding hydrogens is 362 g/mol. The normalized spacial score (nSPS) is 11.9. The van der Waals surface area contributed by atoms with E-state index in [-0.39, 0.29) is 11.7 Å². The van der Waals surface area contributed by atoms with Crippen LogP contribution in [0, 0.1) is 10.1 Å². The standard InChI is InChI=1S/C15H12BrN5O2/c16-11-6-7-12(13(8-11)21(22)23)19-14(15-17-9-18-20-15)10-4-2-1-3-5-10/h1-9,14,19H,(H,17,18,20). The number of nitro groups is 1. The van der Waals surface area contributed by atoms with E-state index in [4.69, 9.17) is 0 Å². The minimum absolute atomic E-state index is 0.0141. The first-order valence-corrected chi connectivity index (χ1v) is 7.55. The number of anilines is 1. The van der Waals surface area contributed by atoms with Gasteiger partial charge in [0.2, 0.25) is 0 Å². The third kappa shape index (κ3) is 3.37. The van der Waals surface area contributed by atoms with Gasteiger partial charge in [0.05, 0.1) is 4.92 Å². The van der Waals surface area contributed by atoms with E-state index in [1.807, 2.05) is 30.3 Å². The molecule has 0 bridgehead atoms. The third-order valence-electron chi connectivity index (χ3n) is 3.30. The number of nitro benzene ring substituents is 1. The van der Waals surface area contributed by atoms with Gasteiger partial charge in [-0.1, -0.05) is 46.3 Å². The van der Waals surface area contributed by atoms with Crippen molar-refractivity contribution in [3.8, 4) is 0 Å². The van der Waals surface area contributed by atoms with Crippen molar-refractivity contribution in [2.75, 3.05) is 5.32 Å². The lowest BCUT2D eigenvalue weighted by Gasteiger charge is -2.18. The zero-order valence-corrected chi connectivity index (χ0v) is 13.4. The molecule has 0 saturated heterocycles. The second-order valence-corrected chi connectivity index (χ2v) is 5.69. The molecule has 0 amide bonds. The van der Waals surface area contributed by atoms with Crippen LogP contribution in [0.15, 0.2) is 59.3 Å². The van der Waals surface area contributed by atoms with Crippen molar-refractivity contribution in [3.63, 3.8) is 0 Å². The summed E-state index contributed by atoms with van der Waals surface area (Å²) in [5, 5.41) is 21.1. The molecular formula is C15H12BrN5O2. The first kappa shape index (κ1) is 15.2. The molecule has 3 rings (SSSR count). The van der Waals surface area contributed by atoms with E-state index in [0.717, 1.165) is 5.56 Å². The Morgan fingerprint density at radius 2 is 2.00 bits per heavy atom. The largest absolute Gasteiger partial charge is 0.366 e. The molecule has 23 heavy (non-hydrogen) atoms. The minimum Gasteiger partial charge on any atom is -0.366 e. The molecule has 0 aliphatic rings. The average Bonchev–Trinajstić information content (AvgIpc) is 3.08. The molecule has 0 aliphatic heterocycles. The van der Waals surface area contributed by atoms with Crippen LogP contribution >= 0.6 is 15.9 Å². The molecule has 116 valence electrons. The molecule has 2 aromatic carbocycles. The molecule has 0 aliphatic carbocycles. The number of benzene rings is 2. The zero-order valence-electron chi connectivity index (χ0n) is 11.8. The summed E-state index contributed by atoms with van der Waals surface area (Å²) in [6.45, 7) is 0. The smallest absolute Gasteiger partial charge is 0.293 e. The van der Waals surface area contributed by atoms with Crippen molar-refractivity contribution in [1.29, 1.82) is 0 Å². The summed E-state index contributed by atoms with van der Waals surface area (Å²) in [6.07, 6.45) is 1.41. The van der Waals surface area contributed by atoms with Crippen molar-refractivity contribution >= 4 is 27.3 Å². The summed E-state index contributed by atoms with van der Waals surface area (Å²) in [4.78, 5) is 15.0. The maximum absolute atomic E-state index is 11.3. The topological polar surface area (TPSA) is 96.7 Å². The molecule has 2 N–H and O–H groups in total. The lowest BCUT2D eigenvalue weighted by Crippen LogP contribution is -2.15. The van der Waals surface area contributed by atoms with Crippen molar-refractivity contribution in [2.45, 2.75) is 6.04 Å². The Morgan fingerprint density at radius 1 is 1.22 bits per heavy atom. The Morgan fingerprint density at radius 3 is 2.65 bits per heavy atom. The fraction of sp³-hybridized carbons (Fsp3) is 0.0667. The van der Waals surface area contributed by atoms with Crippen LogP contribution in [-0.2, 0) is 0 Å². The fourth-order valence-corrected chi connectivity index (χ4v) is 2.59. The number of rotatable bonds is 5. The first-order valence-electron chi connectivity index (χ1n) is 6.76. The van der Waals surface area contributed by atoms with E-state index in [1.165, 1.54) is 12.4 Å². The SMILES string of the molecule is O=[N+]([O-])c1cc(Br)ccc1NC(c1ccccc1)c1ncn[nH]1. The predicted octanol–water partition coefficient (Wildman–Crippen LogP) is 3.68. The summed E-state index contributed by atoms with van der Waals surface area (Å²) in [6, 6.07) is 14.0. The molecule has 7 nitrogen and oxygen atoms in total. The van der Waals surface area contributed by atoms with Crippen molar-refractivity contribution in [3.05, 3.63) is 80.8 Å². The maximum Gasteiger partial charge on any atom is 0.293 e. The third-order valence-corrected chi connectivity index (χ3v) is 3.79. The van der Waals surface area contributed by atoms with E-state index in [1.54, 1.807) is 12.1 Å². The van der Waals surface area contributed by atoms with Crippen LogP contribution in [-0.4, -0.2) is 20.1 Å². The van der Waals surface area contributed by atoms with E-state index < -0.39 is 4.92 Å². The zero-order chi connectivity index (χ0) is 16.2. The monoisotopic (exact) mass is 373 g/mol. The van der Waals surface area contributed by atoms with E-state index in [9.17, 15) is 10.1 Å². The maximum atomic E-state index is 11.3. The number of aromatic amines is 1. The second kappa shape index (κ2) is 6.57. The summed E-state index contributed by atoms with van der Waals surface area (Å²) in [7, 11) is 0. The highest BCUT2D eigenvalue weighted by Crippen LogP contribution is 2.32. The van der Waals surface area contributed by atoms with Crippen LogP contribution in [0.25, 0.3) is 0 Å². The Hall–Kier alpha value is -2.74. The molecule has 1 aromatic heterocycles. The number of hydrogen-bond donors (Lipinski definition) is 2. The van der Waals surface area contributed by atoms with Gasteiger partial charge in [0.25, 0.3) is 5.69 Å². The lowest BCUT2D eigenvalue weighted by atomic mass is 10.1. The van der Waals surface area contributed by atoms with E-state index in [0.29, 0.717) is 16.0 Å². The van der Waals surface area contributed by atoms with Gasteiger partial charge >= 0.3 is 0 Å². The van der Waals surface area contributed by atoms with Gasteiger partial charge < -0.3 is 5.32 Å². The number of aromatic nitrogens is 3. The van der Waals surface area contributed by atoms with Crippen LogP contribution in [0.4, 0.5) is 11.4 Å². The van der Waals surface area contributed by atoms with Crippen LogP contribution < -0.4 is 5.32 Å². The lowest BCUT2D eigenvalue weighted by molar-refractivity contribution is -0.384. The highest BCUT2D eigenvalue weighted by Gasteiger charge is 2.21. The van der Waals surface area contributed by atoms with Crippen LogP contribution in [0.1, 0.15) is 17.4 Å². The summed E-state index contributed by atoms with van der Waals surface area (Å²) in [5.41, 5.74) is 1.31. The molecule has 3 aromatic rings. The van der Waals surface area contributed by atoms with Crippen LogP contribution in [0.2, 0.25) is 0 Å². The molecule has 0 radical (unpaired) electrons. The Labute approximate surface area is 140 Å². The number of nitrogens with one attached hydrogen (secondary N) is 2. The Bertz CT molecular complexity index is 808. The molecule has 1 unspecified atom stereocenters. The number of H-pyrrole nitrogens is 1. The van der Waals surface area contributed by atoms with Gasteiger partial charge in [-0.3, -0.25) is 15.2 Å². The molecule has 0 saturated carbocycles. The van der Waals surface area contributed by atoms with Gasteiger partial charge in [0, 0.05) is 10.5 Å². The van der Waals surface area contributed by atoms with Crippen LogP contribution in [0.5, 0.6) is 0 Å². The summed E-state index contributed by atoms with van der Waals surface area (Å²) < 4.78 is 0.644. The number of nitrogens with zero attached hydrogens (tertiary/aromatic N) is 3. The van der Waals surface area contributed by atoms with Gasteiger partial charge in [-0.2, -0.15) is 5.10 Å². The molecule has 1 heterocycles. The Balaban J connectivity index is 2.02. The van der Waals surface area contributed by atoms with Crippen LogP contribution in [0.3, 0.4) is 0 Å². The predicted molar refractivity (Wildman–Crippen MR) is 89.1 cm³/mol. The van der Waals surface area contributed by atoms with Crippen molar-refractivity contribution in [2.24, 2.45) is 0 Å². The highest BCUT2D eigenvalue weighted by atomic mass is 79.9. The second-order valence-electron chi connectivity index (χ2n) is 4.78. The van der Waals surface area contributed by atoms with Gasteiger partial charge in [-0.05, 0) is 17.7 Å². The van der Waals surface area contributed by atoms with Gasteiger partial charge in [0.15, 0.2) is 5.82 Å². The summed E-state index contributed by atoms with van der Waals surface area (Å²) >= 11 is 3.25. The minimum atomic E-state index is -0.421. The summed E-state index contributed by atoms with van der Waals surface area (Å²) in [5.74, 6) is 0.577. The Kier molecular flexibility index (Phi) is 4.33. The number of hydrogen-bond acceptors (Lipinski definition) is 5. The van der Waals surface area contributed by atoms with Gasteiger partial charge in [0.1, 0.15) is 18.1 Å². The highest BCUT2D eigenvalue weighted by molar-refractivity contribution is 9.10.